The van der Waals surface area contributed by atoms with Crippen LogP contribution in [-0.2, 0) is 6.54 Å². The van der Waals surface area contributed by atoms with E-state index in [1.807, 2.05) is 0 Å². The van der Waals surface area contributed by atoms with Crippen molar-refractivity contribution in [3.05, 3.63) is 16.1 Å². The van der Waals surface area contributed by atoms with Crippen molar-refractivity contribution in [1.29, 1.82) is 0 Å². The molecule has 1 heterocycles. The van der Waals surface area contributed by atoms with Gasteiger partial charge in [0.2, 0.25) is 0 Å². The molecule has 1 aromatic rings. The SMILES string of the molecule is CCN(CC)C(C)CNC(=NC)NCc1nc(C(C)C)cs1.I. The Bertz CT molecular complexity index is 457. The van der Waals surface area contributed by atoms with Gasteiger partial charge in [-0.25, -0.2) is 4.98 Å². The number of rotatable bonds is 8. The maximum absolute atomic E-state index is 4.63. The van der Waals surface area contributed by atoms with Crippen molar-refractivity contribution in [3.8, 4) is 0 Å². The standard InChI is InChI=1S/C16H31N5S.HI/c1-7-21(8-2)13(5)9-18-16(17-6)19-10-15-20-14(11-22-15)12(3)4;/h11-13H,7-10H2,1-6H3,(H2,17,18,19);1H. The van der Waals surface area contributed by atoms with Gasteiger partial charge >= 0.3 is 0 Å². The van der Waals surface area contributed by atoms with E-state index in [0.29, 0.717) is 12.0 Å². The molecular formula is C16H32IN5S. The Labute approximate surface area is 162 Å². The number of aliphatic imine (C=N–C) groups is 1. The normalized spacial score (nSPS) is 13.1. The van der Waals surface area contributed by atoms with Gasteiger partial charge in [0.15, 0.2) is 5.96 Å². The van der Waals surface area contributed by atoms with E-state index in [0.717, 1.165) is 37.1 Å². The lowest BCUT2D eigenvalue weighted by Gasteiger charge is -2.27. The average Bonchev–Trinajstić information content (AvgIpc) is 2.98. The topological polar surface area (TPSA) is 52.5 Å². The summed E-state index contributed by atoms with van der Waals surface area (Å²) >= 11 is 1.70. The molecule has 134 valence electrons. The van der Waals surface area contributed by atoms with Crippen molar-refractivity contribution in [3.63, 3.8) is 0 Å². The molecule has 23 heavy (non-hydrogen) atoms. The average molecular weight is 453 g/mol. The van der Waals surface area contributed by atoms with Crippen LogP contribution in [0.4, 0.5) is 0 Å². The number of halogens is 1. The number of likely N-dealkylation sites (N-methyl/N-ethyl adjacent to an activating group) is 1. The van der Waals surface area contributed by atoms with E-state index in [2.05, 4.69) is 65.5 Å². The molecule has 0 saturated heterocycles. The first-order chi connectivity index (χ1) is 10.5. The number of guanidine groups is 1. The molecule has 0 radical (unpaired) electrons. The van der Waals surface area contributed by atoms with Crippen LogP contribution in [0.15, 0.2) is 10.4 Å². The van der Waals surface area contributed by atoms with Crippen LogP contribution in [0.3, 0.4) is 0 Å². The minimum Gasteiger partial charge on any atom is -0.355 e. The molecule has 1 aromatic heterocycles. The molecule has 0 aromatic carbocycles. The largest absolute Gasteiger partial charge is 0.355 e. The molecule has 2 N–H and O–H groups in total. The molecule has 1 rings (SSSR count). The van der Waals surface area contributed by atoms with Gasteiger partial charge < -0.3 is 10.6 Å². The van der Waals surface area contributed by atoms with Gasteiger partial charge in [-0.2, -0.15) is 0 Å². The summed E-state index contributed by atoms with van der Waals surface area (Å²) in [6, 6.07) is 0.487. The summed E-state index contributed by atoms with van der Waals surface area (Å²) < 4.78 is 0. The van der Waals surface area contributed by atoms with E-state index in [9.17, 15) is 0 Å². The Morgan fingerprint density at radius 3 is 2.39 bits per heavy atom. The highest BCUT2D eigenvalue weighted by atomic mass is 127. The Kier molecular flexibility index (Phi) is 11.8. The summed E-state index contributed by atoms with van der Waals surface area (Å²) in [5.41, 5.74) is 1.17. The van der Waals surface area contributed by atoms with Gasteiger partial charge in [-0.3, -0.25) is 9.89 Å². The van der Waals surface area contributed by atoms with Gasteiger partial charge in [-0.1, -0.05) is 27.7 Å². The third-order valence-electron chi connectivity index (χ3n) is 3.79. The van der Waals surface area contributed by atoms with E-state index in [4.69, 9.17) is 0 Å². The van der Waals surface area contributed by atoms with Crippen LogP contribution in [0.1, 0.15) is 51.2 Å². The van der Waals surface area contributed by atoms with Crippen LogP contribution >= 0.6 is 35.3 Å². The minimum absolute atomic E-state index is 0. The molecule has 0 amide bonds. The van der Waals surface area contributed by atoms with Crippen LogP contribution in [0.2, 0.25) is 0 Å². The van der Waals surface area contributed by atoms with Gasteiger partial charge in [0.05, 0.1) is 12.2 Å². The fraction of sp³-hybridized carbons (Fsp3) is 0.750. The van der Waals surface area contributed by atoms with Crippen LogP contribution in [-0.4, -0.2) is 48.6 Å². The lowest BCUT2D eigenvalue weighted by molar-refractivity contribution is 0.231. The fourth-order valence-corrected chi connectivity index (χ4v) is 3.17. The Morgan fingerprint density at radius 1 is 1.26 bits per heavy atom. The maximum Gasteiger partial charge on any atom is 0.191 e. The Morgan fingerprint density at radius 2 is 1.91 bits per heavy atom. The van der Waals surface area contributed by atoms with Gasteiger partial charge in [-0.15, -0.1) is 35.3 Å². The summed E-state index contributed by atoms with van der Waals surface area (Å²) in [6.07, 6.45) is 0. The van der Waals surface area contributed by atoms with Crippen molar-refractivity contribution in [1.82, 2.24) is 20.5 Å². The first kappa shape index (κ1) is 22.6. The van der Waals surface area contributed by atoms with E-state index in [1.54, 1.807) is 18.4 Å². The molecule has 0 saturated carbocycles. The molecule has 0 aliphatic carbocycles. The highest BCUT2D eigenvalue weighted by Gasteiger charge is 2.11. The van der Waals surface area contributed by atoms with Crippen molar-refractivity contribution < 1.29 is 0 Å². The van der Waals surface area contributed by atoms with Crippen LogP contribution in [0, 0.1) is 0 Å². The molecule has 0 fully saturated rings. The molecule has 5 nitrogen and oxygen atoms in total. The quantitative estimate of drug-likeness (QED) is 0.361. The molecule has 1 unspecified atom stereocenters. The van der Waals surface area contributed by atoms with Crippen molar-refractivity contribution >= 4 is 41.3 Å². The maximum atomic E-state index is 4.63. The molecule has 0 bridgehead atoms. The predicted octanol–water partition coefficient (Wildman–Crippen LogP) is 3.28. The van der Waals surface area contributed by atoms with Crippen molar-refractivity contribution in [2.24, 2.45) is 4.99 Å². The second kappa shape index (κ2) is 12.0. The highest BCUT2D eigenvalue weighted by Crippen LogP contribution is 2.17. The molecule has 0 spiro atoms. The van der Waals surface area contributed by atoms with Gasteiger partial charge in [0.1, 0.15) is 5.01 Å². The molecule has 0 aliphatic heterocycles. The van der Waals surface area contributed by atoms with E-state index in [1.165, 1.54) is 5.69 Å². The van der Waals surface area contributed by atoms with E-state index in [-0.39, 0.29) is 24.0 Å². The highest BCUT2D eigenvalue weighted by molar-refractivity contribution is 14.0. The fourth-order valence-electron chi connectivity index (χ4n) is 2.27. The van der Waals surface area contributed by atoms with Crippen LogP contribution < -0.4 is 10.6 Å². The second-order valence-electron chi connectivity index (χ2n) is 5.70. The summed E-state index contributed by atoms with van der Waals surface area (Å²) in [6.45, 7) is 14.7. The molecule has 0 aliphatic rings. The lowest BCUT2D eigenvalue weighted by atomic mass is 10.2. The number of nitrogens with one attached hydrogen (secondary N) is 2. The van der Waals surface area contributed by atoms with E-state index >= 15 is 0 Å². The van der Waals surface area contributed by atoms with Gasteiger partial charge in [0.25, 0.3) is 0 Å². The summed E-state index contributed by atoms with van der Waals surface area (Å²) in [7, 11) is 1.80. The monoisotopic (exact) mass is 453 g/mol. The van der Waals surface area contributed by atoms with Crippen LogP contribution in [0.25, 0.3) is 0 Å². The zero-order chi connectivity index (χ0) is 16.5. The summed E-state index contributed by atoms with van der Waals surface area (Å²) in [5.74, 6) is 1.32. The van der Waals surface area contributed by atoms with Crippen molar-refractivity contribution in [2.75, 3.05) is 26.7 Å². The number of hydrogen-bond donors (Lipinski definition) is 2. The predicted molar refractivity (Wildman–Crippen MR) is 112 cm³/mol. The second-order valence-corrected chi connectivity index (χ2v) is 6.64. The zero-order valence-corrected chi connectivity index (χ0v) is 18.4. The zero-order valence-electron chi connectivity index (χ0n) is 15.2. The molecule has 1 atom stereocenters. The lowest BCUT2D eigenvalue weighted by Crippen LogP contribution is -2.45. The summed E-state index contributed by atoms with van der Waals surface area (Å²) in [4.78, 5) is 11.3. The minimum atomic E-state index is 0. The first-order valence-corrected chi connectivity index (χ1v) is 9.02. The number of hydrogen-bond acceptors (Lipinski definition) is 4. The van der Waals surface area contributed by atoms with Gasteiger partial charge in [0, 0.05) is 25.0 Å². The summed E-state index contributed by atoms with van der Waals surface area (Å²) in [5, 5.41) is 9.97. The third-order valence-corrected chi connectivity index (χ3v) is 4.66. The number of thiazole rings is 1. The molecule has 7 heteroatoms. The van der Waals surface area contributed by atoms with Gasteiger partial charge in [-0.05, 0) is 25.9 Å². The third kappa shape index (κ3) is 7.80. The first-order valence-electron chi connectivity index (χ1n) is 8.14. The Hall–Kier alpha value is -0.410. The Balaban J connectivity index is 0.00000484. The van der Waals surface area contributed by atoms with E-state index < -0.39 is 0 Å². The smallest absolute Gasteiger partial charge is 0.191 e. The van der Waals surface area contributed by atoms with Crippen molar-refractivity contribution in [2.45, 2.75) is 53.1 Å². The molecular weight excluding hydrogens is 421 g/mol. The number of aromatic nitrogens is 1. The number of nitrogens with zero attached hydrogens (tertiary/aromatic N) is 3. The van der Waals surface area contributed by atoms with Crippen LogP contribution in [0.5, 0.6) is 0 Å².